The number of benzene rings is 3. The van der Waals surface area contributed by atoms with Crippen LogP contribution in [0.4, 0.5) is 11.4 Å². The van der Waals surface area contributed by atoms with Crippen LogP contribution >= 0.6 is 23.2 Å². The van der Waals surface area contributed by atoms with Gasteiger partial charge in [-0.25, -0.2) is 4.79 Å². The van der Waals surface area contributed by atoms with E-state index >= 15 is 0 Å². The number of carbonyl (C=O) groups is 4. The number of aliphatic hydroxyl groups excluding tert-OH is 1. The Bertz CT molecular complexity index is 2020. The molecule has 1 heterocycles. The van der Waals surface area contributed by atoms with Gasteiger partial charge in [0.2, 0.25) is 0 Å². The van der Waals surface area contributed by atoms with Gasteiger partial charge in [-0.05, 0) is 69.2 Å². The number of carbonyl (C=O) groups excluding carboxylic acids is 3. The van der Waals surface area contributed by atoms with E-state index < -0.39 is 64.0 Å². The predicted molar refractivity (Wildman–Crippen MR) is 197 cm³/mol. The Morgan fingerprint density at radius 1 is 0.943 bits per heavy atom. The molecule has 3 N–H and O–H groups in total. The number of hydrogen-bond donors (Lipinski definition) is 3. The molecule has 0 fully saturated rings. The first kappa shape index (κ1) is 40.1. The molecule has 0 saturated carbocycles. The Morgan fingerprint density at radius 3 is 2.21 bits per heavy atom. The third kappa shape index (κ3) is 10.7. The monoisotopic (exact) mass is 765 g/mol. The number of hydrogen-bond acceptors (Lipinski definition) is 9. The zero-order chi connectivity index (χ0) is 39.0. The number of aliphatic hydroxyl groups is 1. The maximum Gasteiger partial charge on any atom is 0.339 e. The maximum absolute atomic E-state index is 14.4. The maximum atomic E-state index is 14.4. The average molecular weight is 767 g/mol. The summed E-state index contributed by atoms with van der Waals surface area (Å²) in [6.45, 7) is 5.96. The smallest absolute Gasteiger partial charge is 0.339 e. The van der Waals surface area contributed by atoms with Crippen LogP contribution in [0.25, 0.3) is 0 Å². The van der Waals surface area contributed by atoms with Crippen LogP contribution in [-0.2, 0) is 32.1 Å². The predicted octanol–water partition coefficient (Wildman–Crippen LogP) is 8.12. The van der Waals surface area contributed by atoms with Crippen molar-refractivity contribution >= 4 is 58.3 Å². The lowest BCUT2D eigenvalue weighted by Crippen LogP contribution is -2.43. The number of nitrogens with zero attached hydrogens (tertiary/aromatic N) is 2. The number of carboxylic acid groups (broad SMARTS) is 1. The molecule has 15 heteroatoms. The molecular formula is C38H37Cl2N3O10. The summed E-state index contributed by atoms with van der Waals surface area (Å²) in [5.74, 6) is -5.96. The van der Waals surface area contributed by atoms with Gasteiger partial charge in [0.15, 0.2) is 11.5 Å². The fraction of sp³-hybridized carbons (Fsp3) is 0.263. The van der Waals surface area contributed by atoms with Crippen molar-refractivity contribution in [2.45, 2.75) is 64.6 Å². The number of esters is 1. The third-order valence-corrected chi connectivity index (χ3v) is 8.90. The molecule has 278 valence electrons. The fourth-order valence-corrected chi connectivity index (χ4v) is 5.81. The number of carboxylic acids is 1. The lowest BCUT2D eigenvalue weighted by molar-refractivity contribution is -0.384. The molecule has 0 aliphatic carbocycles. The largest absolute Gasteiger partial charge is 0.503 e. The van der Waals surface area contributed by atoms with Gasteiger partial charge < -0.3 is 29.6 Å². The Balaban J connectivity index is 1.82. The van der Waals surface area contributed by atoms with Gasteiger partial charge in [0.1, 0.15) is 11.4 Å². The number of aliphatic carboxylic acids is 1. The summed E-state index contributed by atoms with van der Waals surface area (Å²) in [5, 5.41) is 35.5. The van der Waals surface area contributed by atoms with E-state index in [1.165, 1.54) is 62.1 Å². The molecule has 1 aromatic heterocycles. The topological polar surface area (TPSA) is 190 Å². The molecule has 0 aliphatic heterocycles. The number of nitro benzene ring substituents is 1. The molecule has 2 unspecified atom stereocenters. The summed E-state index contributed by atoms with van der Waals surface area (Å²) < 4.78 is 11.3. The highest BCUT2D eigenvalue weighted by molar-refractivity contribution is 6.42. The summed E-state index contributed by atoms with van der Waals surface area (Å²) >= 11 is 12.8. The fourth-order valence-electron chi connectivity index (χ4n) is 5.43. The van der Waals surface area contributed by atoms with Crippen LogP contribution in [0, 0.1) is 10.1 Å². The number of anilines is 1. The van der Waals surface area contributed by atoms with Gasteiger partial charge in [0, 0.05) is 42.7 Å². The van der Waals surface area contributed by atoms with E-state index in [1.54, 1.807) is 55.5 Å². The van der Waals surface area contributed by atoms with Crippen molar-refractivity contribution in [3.63, 3.8) is 0 Å². The van der Waals surface area contributed by atoms with E-state index in [4.69, 9.17) is 32.4 Å². The van der Waals surface area contributed by atoms with Crippen LogP contribution in [-0.4, -0.2) is 55.4 Å². The van der Waals surface area contributed by atoms with E-state index in [2.05, 4.69) is 5.32 Å². The Morgan fingerprint density at radius 2 is 1.60 bits per heavy atom. The first-order valence-electron chi connectivity index (χ1n) is 16.3. The van der Waals surface area contributed by atoms with Gasteiger partial charge in [-0.1, -0.05) is 65.7 Å². The molecule has 0 bridgehead atoms. The van der Waals surface area contributed by atoms with Crippen LogP contribution in [0.2, 0.25) is 10.0 Å². The number of halogens is 2. The number of non-ortho nitro benzene ring substituents is 1. The molecule has 0 radical (unpaired) electrons. The molecule has 0 saturated heterocycles. The lowest BCUT2D eigenvalue weighted by Gasteiger charge is -2.35. The molecule has 2 amide bonds. The molecule has 2 atom stereocenters. The van der Waals surface area contributed by atoms with Crippen molar-refractivity contribution in [3.05, 3.63) is 139 Å². The summed E-state index contributed by atoms with van der Waals surface area (Å²) in [5.41, 5.74) is -0.655. The molecule has 4 rings (SSSR count). The number of ether oxygens (including phenoxy) is 1. The first-order valence-corrected chi connectivity index (χ1v) is 17.0. The quantitative estimate of drug-likeness (QED) is 0.0372. The summed E-state index contributed by atoms with van der Waals surface area (Å²) in [6.07, 6.45) is -0.998. The second-order valence-electron chi connectivity index (χ2n) is 13.0. The third-order valence-electron chi connectivity index (χ3n) is 8.04. The molecule has 4 aromatic rings. The van der Waals surface area contributed by atoms with Crippen molar-refractivity contribution < 1.29 is 43.5 Å². The minimum absolute atomic E-state index is 0.00570. The summed E-state index contributed by atoms with van der Waals surface area (Å²) in [7, 11) is 0. The minimum atomic E-state index is -1.50. The summed E-state index contributed by atoms with van der Waals surface area (Å²) in [6, 6.07) is 21.2. The van der Waals surface area contributed by atoms with Gasteiger partial charge in [-0.3, -0.25) is 24.5 Å². The highest BCUT2D eigenvalue weighted by Gasteiger charge is 2.36. The highest BCUT2D eigenvalue weighted by Crippen LogP contribution is 2.34. The second kappa shape index (κ2) is 17.2. The van der Waals surface area contributed by atoms with E-state index in [0.717, 1.165) is 0 Å². The number of para-hydroxylation sites is 1. The van der Waals surface area contributed by atoms with E-state index in [0.29, 0.717) is 22.6 Å². The standard InChI is InChI=1S/C38H37Cl2N3O10/c1-22(42(21-24-9-8-12-30(39)33(24)40)36(48)34(46)29(20-32(44)45)37(49)53-38(2,3)4)28(23-13-15-26(16-14-23)43(50)51)19-27-17-18-31(52-27)35(47)41-25-10-6-5-7-11-25/h5-18,22,28,46H,19-21H2,1-4H3,(H,41,47)(H,44,45). The second-order valence-corrected chi connectivity index (χ2v) is 13.8. The van der Waals surface area contributed by atoms with Crippen molar-refractivity contribution in [1.82, 2.24) is 4.90 Å². The van der Waals surface area contributed by atoms with E-state index in [9.17, 15) is 39.5 Å². The molecule has 53 heavy (non-hydrogen) atoms. The van der Waals surface area contributed by atoms with Gasteiger partial charge in [0.05, 0.1) is 27.0 Å². The Hall–Kier alpha value is -5.66. The number of nitrogens with one attached hydrogen (secondary N) is 1. The molecule has 0 spiro atoms. The normalized spacial score (nSPS) is 12.9. The van der Waals surface area contributed by atoms with Crippen molar-refractivity contribution in [2.75, 3.05) is 5.32 Å². The van der Waals surface area contributed by atoms with Crippen molar-refractivity contribution in [3.8, 4) is 0 Å². The van der Waals surface area contributed by atoms with Crippen LogP contribution < -0.4 is 5.32 Å². The summed E-state index contributed by atoms with van der Waals surface area (Å²) in [4.78, 5) is 64.4. The Labute approximate surface area is 314 Å². The first-order chi connectivity index (χ1) is 24.9. The van der Waals surface area contributed by atoms with Gasteiger partial charge >= 0.3 is 11.9 Å². The van der Waals surface area contributed by atoms with Crippen LogP contribution in [0.3, 0.4) is 0 Å². The number of nitro groups is 1. The van der Waals surface area contributed by atoms with Crippen LogP contribution in [0.5, 0.6) is 0 Å². The highest BCUT2D eigenvalue weighted by atomic mass is 35.5. The number of rotatable bonds is 14. The van der Waals surface area contributed by atoms with Gasteiger partial charge in [0.25, 0.3) is 17.5 Å². The zero-order valence-corrected chi connectivity index (χ0v) is 30.7. The average Bonchev–Trinajstić information content (AvgIpc) is 3.58. The van der Waals surface area contributed by atoms with Crippen molar-refractivity contribution in [2.24, 2.45) is 0 Å². The molecule has 13 nitrogen and oxygen atoms in total. The van der Waals surface area contributed by atoms with Gasteiger partial charge in [-0.2, -0.15) is 0 Å². The minimum Gasteiger partial charge on any atom is -0.503 e. The lowest BCUT2D eigenvalue weighted by atomic mass is 9.87. The van der Waals surface area contributed by atoms with E-state index in [-0.39, 0.29) is 34.5 Å². The van der Waals surface area contributed by atoms with E-state index in [1.807, 2.05) is 0 Å². The Kier molecular flexibility index (Phi) is 13.0. The number of amides is 2. The number of furan rings is 1. The van der Waals surface area contributed by atoms with Crippen LogP contribution in [0.1, 0.15) is 67.5 Å². The van der Waals surface area contributed by atoms with Crippen LogP contribution in [0.15, 0.2) is 101 Å². The molecule has 3 aromatic carbocycles. The molecular weight excluding hydrogens is 729 g/mol. The van der Waals surface area contributed by atoms with Gasteiger partial charge in [-0.15, -0.1) is 0 Å². The SMILES string of the molecule is CC(C(Cc1ccc(C(=O)Nc2ccccc2)o1)c1ccc([N+](=O)[O-])cc1)N(Cc1cccc(Cl)c1Cl)C(=O)C(O)=C(CC(=O)O)C(=O)OC(C)(C)C. The van der Waals surface area contributed by atoms with Crippen molar-refractivity contribution in [1.29, 1.82) is 0 Å². The molecule has 0 aliphatic rings. The zero-order valence-electron chi connectivity index (χ0n) is 29.2.